The number of benzene rings is 1. The van der Waals surface area contributed by atoms with Crippen LogP contribution in [0, 0.1) is 5.82 Å². The third-order valence-corrected chi connectivity index (χ3v) is 6.08. The Morgan fingerprint density at radius 3 is 2.26 bits per heavy atom. The van der Waals surface area contributed by atoms with Crippen LogP contribution >= 0.6 is 0 Å². The maximum atomic E-state index is 13.3. The van der Waals surface area contributed by atoms with Gasteiger partial charge in [-0.2, -0.15) is 0 Å². The lowest BCUT2D eigenvalue weighted by molar-refractivity contribution is 0.325. The van der Waals surface area contributed by atoms with Gasteiger partial charge in [-0.25, -0.2) is 29.0 Å². The van der Waals surface area contributed by atoms with Crippen LogP contribution in [0.1, 0.15) is 38.6 Å². The number of nitrogens with zero attached hydrogens (tertiary/aromatic N) is 9. The van der Waals surface area contributed by atoms with Crippen molar-refractivity contribution in [1.29, 1.82) is 0 Å². The van der Waals surface area contributed by atoms with Gasteiger partial charge in [0.05, 0.1) is 18.4 Å². The molecule has 0 aliphatic carbocycles. The smallest absolute Gasteiger partial charge is 0.225 e. The zero-order valence-corrected chi connectivity index (χ0v) is 19.0. The van der Waals surface area contributed by atoms with E-state index in [1.165, 1.54) is 18.7 Å². The highest BCUT2D eigenvalue weighted by Gasteiger charge is 2.41. The van der Waals surface area contributed by atoms with Crippen LogP contribution in [-0.4, -0.2) is 53.2 Å². The monoisotopic (exact) mass is 460 g/mol. The van der Waals surface area contributed by atoms with Crippen molar-refractivity contribution in [3.8, 4) is 11.1 Å². The van der Waals surface area contributed by atoms with E-state index in [9.17, 15) is 4.39 Å². The van der Waals surface area contributed by atoms with Gasteiger partial charge in [-0.1, -0.05) is 12.1 Å². The van der Waals surface area contributed by atoms with Crippen molar-refractivity contribution < 1.29 is 4.39 Å². The van der Waals surface area contributed by atoms with E-state index in [4.69, 9.17) is 0 Å². The molecule has 5 rings (SSSR count). The number of nitrogens with one attached hydrogen (secondary N) is 1. The lowest BCUT2D eigenvalue weighted by Gasteiger charge is -2.42. The van der Waals surface area contributed by atoms with Crippen LogP contribution in [0.4, 0.5) is 16.0 Å². The van der Waals surface area contributed by atoms with Gasteiger partial charge in [0.2, 0.25) is 5.95 Å². The summed E-state index contributed by atoms with van der Waals surface area (Å²) < 4.78 is 15.1. The van der Waals surface area contributed by atoms with E-state index < -0.39 is 11.4 Å². The van der Waals surface area contributed by atoms with E-state index in [0.717, 1.165) is 35.5 Å². The van der Waals surface area contributed by atoms with Crippen molar-refractivity contribution in [3.63, 3.8) is 0 Å². The van der Waals surface area contributed by atoms with Crippen LogP contribution in [0.15, 0.2) is 55.4 Å². The molecule has 1 aliphatic heterocycles. The average molecular weight is 461 g/mol. The minimum Gasteiger partial charge on any atom is -0.372 e. The summed E-state index contributed by atoms with van der Waals surface area (Å²) in [6.45, 7) is 5.46. The normalized spacial score (nSPS) is 15.5. The Labute approximate surface area is 196 Å². The van der Waals surface area contributed by atoms with Crippen molar-refractivity contribution in [2.75, 3.05) is 23.3 Å². The summed E-state index contributed by atoms with van der Waals surface area (Å²) in [6, 6.07) is 8.29. The van der Waals surface area contributed by atoms with E-state index in [-0.39, 0.29) is 6.04 Å². The molecule has 1 fully saturated rings. The molecular formula is C23H25FN10. The predicted octanol–water partition coefficient (Wildman–Crippen LogP) is 3.25. The number of tetrazole rings is 1. The Hall–Kier alpha value is -4.02. The third kappa shape index (κ3) is 4.28. The summed E-state index contributed by atoms with van der Waals surface area (Å²) in [5.74, 6) is 0.869. The molecule has 4 heterocycles. The molecule has 1 aromatic carbocycles. The zero-order chi connectivity index (χ0) is 23.5. The summed E-state index contributed by atoms with van der Waals surface area (Å²) in [4.78, 5) is 18.5. The maximum Gasteiger partial charge on any atom is 0.225 e. The van der Waals surface area contributed by atoms with Crippen LogP contribution < -0.4 is 10.2 Å². The lowest BCUT2D eigenvalue weighted by Crippen LogP contribution is -2.49. The van der Waals surface area contributed by atoms with E-state index in [1.807, 2.05) is 28.9 Å². The number of anilines is 2. The first-order valence-corrected chi connectivity index (χ1v) is 11.2. The summed E-state index contributed by atoms with van der Waals surface area (Å²) in [5.41, 5.74) is 2.47. The topological polar surface area (TPSA) is 110 Å². The Morgan fingerprint density at radius 2 is 1.62 bits per heavy atom. The quantitative estimate of drug-likeness (QED) is 0.463. The molecule has 1 aliphatic rings. The maximum absolute atomic E-state index is 13.3. The average Bonchev–Trinajstić information content (AvgIpc) is 3.38. The van der Waals surface area contributed by atoms with E-state index in [2.05, 4.69) is 59.5 Å². The summed E-state index contributed by atoms with van der Waals surface area (Å²) in [7, 11) is 0. The van der Waals surface area contributed by atoms with Gasteiger partial charge in [-0.15, -0.1) is 5.10 Å². The largest absolute Gasteiger partial charge is 0.372 e. The van der Waals surface area contributed by atoms with Crippen LogP contribution in [0.2, 0.25) is 0 Å². The first-order valence-electron chi connectivity index (χ1n) is 11.2. The highest BCUT2D eigenvalue weighted by Crippen LogP contribution is 2.37. The lowest BCUT2D eigenvalue weighted by atomic mass is 9.85. The fourth-order valence-electron chi connectivity index (χ4n) is 4.29. The molecule has 0 atom stereocenters. The first-order chi connectivity index (χ1) is 16.5. The van der Waals surface area contributed by atoms with E-state index in [0.29, 0.717) is 19.0 Å². The summed E-state index contributed by atoms with van der Waals surface area (Å²) in [5, 5.41) is 16.4. The molecule has 0 unspecified atom stereocenters. The fourth-order valence-corrected chi connectivity index (χ4v) is 4.29. The number of halogens is 1. The van der Waals surface area contributed by atoms with Crippen molar-refractivity contribution in [2.45, 2.75) is 38.3 Å². The van der Waals surface area contributed by atoms with Gasteiger partial charge in [-0.3, -0.25) is 0 Å². The minimum absolute atomic E-state index is 0.114. The van der Waals surface area contributed by atoms with Crippen LogP contribution in [-0.2, 0) is 5.54 Å². The number of aromatic nitrogens is 8. The van der Waals surface area contributed by atoms with Gasteiger partial charge in [0.25, 0.3) is 0 Å². The molecule has 11 heteroatoms. The molecule has 0 amide bonds. The van der Waals surface area contributed by atoms with Crippen LogP contribution in [0.5, 0.6) is 0 Å². The fraction of sp³-hybridized carbons (Fsp3) is 0.348. The Bertz CT molecular complexity index is 1220. The molecule has 1 N–H and O–H groups in total. The molecule has 10 nitrogen and oxygen atoms in total. The standard InChI is InChI=1S/C23H25FN10/c1-16(2)34-21(30-31-32-34)23(7-9-33(10-8-23)22-27-13-19(24)14-28-22)29-20-5-3-17(4-6-20)18-11-25-15-26-12-18/h3-6,11-16,29H,7-10H2,1-2H3. The molecule has 1 saturated heterocycles. The molecule has 4 aromatic rings. The molecule has 0 saturated carbocycles. The number of hydrogen-bond acceptors (Lipinski definition) is 9. The number of piperidine rings is 1. The Balaban J connectivity index is 1.42. The summed E-state index contributed by atoms with van der Waals surface area (Å²) in [6.07, 6.45) is 8.93. The minimum atomic E-state index is -0.484. The molecule has 174 valence electrons. The van der Waals surface area contributed by atoms with Gasteiger partial charge in [0, 0.05) is 36.7 Å². The van der Waals surface area contributed by atoms with Crippen molar-refractivity contribution >= 4 is 11.6 Å². The Kier molecular flexibility index (Phi) is 5.83. The van der Waals surface area contributed by atoms with Gasteiger partial charge in [0.1, 0.15) is 11.9 Å². The van der Waals surface area contributed by atoms with E-state index >= 15 is 0 Å². The van der Waals surface area contributed by atoms with Crippen molar-refractivity contribution in [2.24, 2.45) is 0 Å². The first kappa shape index (κ1) is 21.8. The van der Waals surface area contributed by atoms with Crippen molar-refractivity contribution in [3.05, 3.63) is 67.0 Å². The predicted molar refractivity (Wildman–Crippen MR) is 124 cm³/mol. The molecular weight excluding hydrogens is 435 g/mol. The molecule has 0 radical (unpaired) electrons. The molecule has 0 bridgehead atoms. The highest BCUT2D eigenvalue weighted by atomic mass is 19.1. The Morgan fingerprint density at radius 1 is 0.941 bits per heavy atom. The second-order valence-corrected chi connectivity index (χ2v) is 8.64. The van der Waals surface area contributed by atoms with Gasteiger partial charge in [-0.05, 0) is 54.8 Å². The second kappa shape index (κ2) is 9.08. The van der Waals surface area contributed by atoms with Crippen molar-refractivity contribution in [1.82, 2.24) is 40.1 Å². The van der Waals surface area contributed by atoms with E-state index in [1.54, 1.807) is 12.4 Å². The second-order valence-electron chi connectivity index (χ2n) is 8.64. The summed E-state index contributed by atoms with van der Waals surface area (Å²) >= 11 is 0. The zero-order valence-electron chi connectivity index (χ0n) is 19.0. The molecule has 3 aromatic heterocycles. The van der Waals surface area contributed by atoms with Gasteiger partial charge >= 0.3 is 0 Å². The van der Waals surface area contributed by atoms with Gasteiger partial charge in [0.15, 0.2) is 11.6 Å². The highest BCUT2D eigenvalue weighted by molar-refractivity contribution is 5.64. The molecule has 0 spiro atoms. The third-order valence-electron chi connectivity index (χ3n) is 6.08. The number of hydrogen-bond donors (Lipinski definition) is 1. The molecule has 34 heavy (non-hydrogen) atoms. The SMILES string of the molecule is CC(C)n1nnnc1C1(Nc2ccc(-c3cncnc3)cc2)CCN(c2ncc(F)cn2)CC1. The number of rotatable bonds is 6. The van der Waals surface area contributed by atoms with Crippen LogP contribution in [0.25, 0.3) is 11.1 Å². The van der Waals surface area contributed by atoms with Crippen LogP contribution in [0.3, 0.4) is 0 Å². The van der Waals surface area contributed by atoms with Gasteiger partial charge < -0.3 is 10.2 Å².